The summed E-state index contributed by atoms with van der Waals surface area (Å²) in [6, 6.07) is 5.56. The normalized spacial score (nSPS) is 14.3. The molecule has 1 heterocycles. The van der Waals surface area contributed by atoms with Crippen LogP contribution in [0.15, 0.2) is 55.2 Å². The monoisotopic (exact) mass is 259 g/mol. The van der Waals surface area contributed by atoms with Crippen molar-refractivity contribution >= 4 is 23.2 Å². The number of hydrogen-bond acceptors (Lipinski definition) is 1. The average molecular weight is 260 g/mol. The Morgan fingerprint density at radius 1 is 1.39 bits per heavy atom. The molecule has 0 aromatic heterocycles. The van der Waals surface area contributed by atoms with Crippen LogP contribution in [-0.4, -0.2) is 12.5 Å². The summed E-state index contributed by atoms with van der Waals surface area (Å²) in [7, 11) is 0. The number of amides is 1. The van der Waals surface area contributed by atoms with Gasteiger partial charge in [-0.15, -0.1) is 0 Å². The number of rotatable bonds is 2. The van der Waals surface area contributed by atoms with Crippen LogP contribution in [0.2, 0.25) is 5.02 Å². The van der Waals surface area contributed by atoms with Crippen molar-refractivity contribution in [3.8, 4) is 0 Å². The van der Waals surface area contributed by atoms with E-state index < -0.39 is 0 Å². The number of nitrogens with zero attached hydrogens (tertiary/aromatic N) is 1. The van der Waals surface area contributed by atoms with Crippen LogP contribution in [0.25, 0.3) is 0 Å². The molecule has 1 amide bonds. The number of hydrogen-bond donors (Lipinski definition) is 0. The number of anilines is 1. The summed E-state index contributed by atoms with van der Waals surface area (Å²) in [5.41, 5.74) is 2.95. The second kappa shape index (κ2) is 5.23. The van der Waals surface area contributed by atoms with Gasteiger partial charge in [0, 0.05) is 10.7 Å². The molecule has 0 bridgehead atoms. The minimum Gasteiger partial charge on any atom is -0.304 e. The van der Waals surface area contributed by atoms with Gasteiger partial charge < -0.3 is 4.90 Å². The van der Waals surface area contributed by atoms with Crippen molar-refractivity contribution < 1.29 is 4.79 Å². The van der Waals surface area contributed by atoms with Gasteiger partial charge in [0.05, 0.1) is 6.54 Å². The first-order valence-electron chi connectivity index (χ1n) is 5.69. The summed E-state index contributed by atoms with van der Waals surface area (Å²) in [6.07, 6.45) is 5.91. The van der Waals surface area contributed by atoms with Crippen LogP contribution in [0.4, 0.5) is 5.69 Å². The lowest BCUT2D eigenvalue weighted by Crippen LogP contribution is -2.30. The number of benzene rings is 1. The zero-order valence-corrected chi connectivity index (χ0v) is 10.8. The predicted octanol–water partition coefficient (Wildman–Crippen LogP) is 3.53. The van der Waals surface area contributed by atoms with E-state index in [9.17, 15) is 4.79 Å². The van der Waals surface area contributed by atoms with Crippen LogP contribution in [0.1, 0.15) is 5.56 Å². The van der Waals surface area contributed by atoms with Gasteiger partial charge in [-0.1, -0.05) is 36.9 Å². The highest BCUT2D eigenvalue weighted by Crippen LogP contribution is 2.29. The van der Waals surface area contributed by atoms with Gasteiger partial charge in [0.1, 0.15) is 0 Å². The Kier molecular flexibility index (Phi) is 3.68. The number of carbonyl (C=O) groups excluding carboxylic acids is 1. The van der Waals surface area contributed by atoms with Crippen molar-refractivity contribution in [3.63, 3.8) is 0 Å². The highest BCUT2D eigenvalue weighted by molar-refractivity contribution is 6.30. The molecule has 0 radical (unpaired) electrons. The van der Waals surface area contributed by atoms with Gasteiger partial charge in [-0.05, 0) is 41.8 Å². The van der Waals surface area contributed by atoms with Gasteiger partial charge in [0.15, 0.2) is 0 Å². The Balaban J connectivity index is 2.52. The van der Waals surface area contributed by atoms with Crippen molar-refractivity contribution in [1.29, 1.82) is 0 Å². The van der Waals surface area contributed by atoms with Crippen LogP contribution in [-0.2, 0) is 11.2 Å². The van der Waals surface area contributed by atoms with E-state index in [1.807, 2.05) is 12.1 Å². The van der Waals surface area contributed by atoms with E-state index in [1.165, 1.54) is 6.08 Å². The third-order valence-electron chi connectivity index (χ3n) is 2.96. The highest BCUT2D eigenvalue weighted by atomic mass is 35.5. The number of fused-ring (bicyclic) bond motifs is 1. The summed E-state index contributed by atoms with van der Waals surface area (Å²) in [5, 5.41) is 0.676. The van der Waals surface area contributed by atoms with Crippen molar-refractivity contribution in [2.75, 3.05) is 11.4 Å². The third-order valence-corrected chi connectivity index (χ3v) is 3.20. The van der Waals surface area contributed by atoms with Crippen LogP contribution in [0.5, 0.6) is 0 Å². The average Bonchev–Trinajstić information content (AvgIpc) is 2.56. The SMILES string of the molecule is C=CC(=O)N1CC(C=C)=CCc2cc(Cl)ccc21. The number of halogens is 1. The largest absolute Gasteiger partial charge is 0.304 e. The lowest BCUT2D eigenvalue weighted by molar-refractivity contribution is -0.114. The second-order valence-corrected chi connectivity index (χ2v) is 4.53. The molecular formula is C15H14ClNO. The van der Waals surface area contributed by atoms with Gasteiger partial charge in [0.2, 0.25) is 0 Å². The number of carbonyl (C=O) groups is 1. The van der Waals surface area contributed by atoms with E-state index in [2.05, 4.69) is 19.2 Å². The van der Waals surface area contributed by atoms with Gasteiger partial charge >= 0.3 is 0 Å². The molecule has 3 heteroatoms. The van der Waals surface area contributed by atoms with Crippen LogP contribution < -0.4 is 4.90 Å². The van der Waals surface area contributed by atoms with Crippen LogP contribution in [0, 0.1) is 0 Å². The predicted molar refractivity (Wildman–Crippen MR) is 76.0 cm³/mol. The highest BCUT2D eigenvalue weighted by Gasteiger charge is 2.19. The summed E-state index contributed by atoms with van der Waals surface area (Å²) in [6.45, 7) is 7.83. The summed E-state index contributed by atoms with van der Waals surface area (Å²) in [4.78, 5) is 13.6. The van der Waals surface area contributed by atoms with Crippen molar-refractivity contribution in [3.05, 3.63) is 65.7 Å². The van der Waals surface area contributed by atoms with E-state index in [1.54, 1.807) is 17.0 Å². The lowest BCUT2D eigenvalue weighted by atomic mass is 10.1. The fourth-order valence-electron chi connectivity index (χ4n) is 2.01. The molecule has 0 spiro atoms. The molecule has 0 atom stereocenters. The molecule has 2 nitrogen and oxygen atoms in total. The zero-order chi connectivity index (χ0) is 13.1. The molecule has 0 unspecified atom stereocenters. The molecule has 1 aliphatic heterocycles. The summed E-state index contributed by atoms with van der Waals surface area (Å²) >= 11 is 6.00. The van der Waals surface area contributed by atoms with E-state index >= 15 is 0 Å². The van der Waals surface area contributed by atoms with E-state index in [-0.39, 0.29) is 5.91 Å². The Morgan fingerprint density at radius 3 is 2.83 bits per heavy atom. The molecule has 18 heavy (non-hydrogen) atoms. The number of allylic oxidation sites excluding steroid dienone is 1. The van der Waals surface area contributed by atoms with E-state index in [0.717, 1.165) is 23.2 Å². The molecule has 1 aromatic rings. The topological polar surface area (TPSA) is 20.3 Å². The molecule has 92 valence electrons. The molecule has 1 aromatic carbocycles. The lowest BCUT2D eigenvalue weighted by Gasteiger charge is -2.22. The Labute approximate surface area is 112 Å². The molecule has 0 aliphatic carbocycles. The molecular weight excluding hydrogens is 246 g/mol. The van der Waals surface area contributed by atoms with Gasteiger partial charge in [-0.25, -0.2) is 0 Å². The molecule has 0 N–H and O–H groups in total. The van der Waals surface area contributed by atoms with Crippen molar-refractivity contribution in [2.24, 2.45) is 0 Å². The van der Waals surface area contributed by atoms with Crippen molar-refractivity contribution in [2.45, 2.75) is 6.42 Å². The van der Waals surface area contributed by atoms with Gasteiger partial charge in [-0.2, -0.15) is 0 Å². The van der Waals surface area contributed by atoms with Crippen molar-refractivity contribution in [1.82, 2.24) is 0 Å². The Morgan fingerprint density at radius 2 is 2.17 bits per heavy atom. The summed E-state index contributed by atoms with van der Waals surface area (Å²) < 4.78 is 0. The molecule has 0 saturated carbocycles. The Bertz CT molecular complexity index is 545. The van der Waals surface area contributed by atoms with Crippen LogP contribution >= 0.6 is 11.6 Å². The quantitative estimate of drug-likeness (QED) is 0.744. The maximum absolute atomic E-state index is 11.9. The fourth-order valence-corrected chi connectivity index (χ4v) is 2.20. The van der Waals surface area contributed by atoms with E-state index in [4.69, 9.17) is 11.6 Å². The van der Waals surface area contributed by atoms with Gasteiger partial charge in [0.25, 0.3) is 5.91 Å². The van der Waals surface area contributed by atoms with Gasteiger partial charge in [-0.3, -0.25) is 4.79 Å². The molecule has 0 saturated heterocycles. The minimum atomic E-state index is -0.117. The smallest absolute Gasteiger partial charge is 0.250 e. The fraction of sp³-hybridized carbons (Fsp3) is 0.133. The maximum Gasteiger partial charge on any atom is 0.250 e. The second-order valence-electron chi connectivity index (χ2n) is 4.09. The minimum absolute atomic E-state index is 0.117. The maximum atomic E-state index is 11.9. The molecule has 1 aliphatic rings. The molecule has 2 rings (SSSR count). The van der Waals surface area contributed by atoms with E-state index in [0.29, 0.717) is 11.6 Å². The first-order chi connectivity index (χ1) is 8.65. The zero-order valence-electron chi connectivity index (χ0n) is 10.0. The standard InChI is InChI=1S/C15H14ClNO/c1-3-11-5-6-12-9-13(16)7-8-14(12)17(10-11)15(18)4-2/h3-5,7-9H,1-2,6,10H2. The first kappa shape index (κ1) is 12.7. The Hall–Kier alpha value is -1.80. The van der Waals surface area contributed by atoms with Crippen LogP contribution in [0.3, 0.4) is 0 Å². The molecule has 0 fully saturated rings. The third kappa shape index (κ3) is 2.39. The summed E-state index contributed by atoms with van der Waals surface area (Å²) in [5.74, 6) is -0.117. The first-order valence-corrected chi connectivity index (χ1v) is 6.07.